The highest BCUT2D eigenvalue weighted by Gasteiger charge is 2.19. The van der Waals surface area contributed by atoms with Crippen LogP contribution in [0.15, 0.2) is 157 Å². The average Bonchev–Trinajstić information content (AvgIpc) is 4.01. The molecule has 0 spiro atoms. The zero-order valence-corrected chi connectivity index (χ0v) is 27.7. The Morgan fingerprint density at radius 1 is 0.451 bits per heavy atom. The van der Waals surface area contributed by atoms with Gasteiger partial charge in [-0.2, -0.15) is 0 Å². The Balaban J connectivity index is 1.24. The SMILES string of the molecule is [2H]c1c([2H])c(-n2c3c([2H])c([2H])c([2H])c([2H])c3c3c4sc5c([2H])c([2H])c([2H])c([2H])c5c4c([2H])c([2H])c32)c([2H])c([2H])c1-c1nc(-c2ccccc2)nc(-c2cccc3c2sc2ccccc23)n1. The summed E-state index contributed by atoms with van der Waals surface area (Å²) in [4.78, 5) is 14.4. The summed E-state index contributed by atoms with van der Waals surface area (Å²) in [6.07, 6.45) is 0. The van der Waals surface area contributed by atoms with Crippen LogP contribution in [0.2, 0.25) is 0 Å². The summed E-state index contributed by atoms with van der Waals surface area (Å²) in [5.41, 5.74) is -0.0167. The lowest BCUT2D eigenvalue weighted by molar-refractivity contribution is 1.08. The van der Waals surface area contributed by atoms with E-state index in [4.69, 9.17) is 24.5 Å². The van der Waals surface area contributed by atoms with E-state index in [-0.39, 0.29) is 71.1 Å². The molecule has 4 nitrogen and oxygen atoms in total. The summed E-state index contributed by atoms with van der Waals surface area (Å²) in [6.45, 7) is 0. The molecule has 11 aromatic rings. The molecule has 0 aliphatic rings. The molecular formula is C45H26N4S2. The van der Waals surface area contributed by atoms with E-state index >= 15 is 0 Å². The minimum atomic E-state index is -0.678. The van der Waals surface area contributed by atoms with Crippen LogP contribution >= 0.6 is 22.7 Å². The van der Waals surface area contributed by atoms with Gasteiger partial charge in [0, 0.05) is 73.5 Å². The van der Waals surface area contributed by atoms with Gasteiger partial charge in [0.15, 0.2) is 17.5 Å². The first-order chi connectivity index (χ1) is 31.1. The van der Waals surface area contributed by atoms with Crippen LogP contribution in [0.5, 0.6) is 0 Å². The lowest BCUT2D eigenvalue weighted by atomic mass is 10.1. The van der Waals surface area contributed by atoms with E-state index in [1.54, 1.807) is 23.5 Å². The van der Waals surface area contributed by atoms with Crippen molar-refractivity contribution in [3.8, 4) is 39.9 Å². The van der Waals surface area contributed by atoms with Crippen molar-refractivity contribution >= 4 is 84.8 Å². The van der Waals surface area contributed by atoms with E-state index in [2.05, 4.69) is 0 Å². The van der Waals surface area contributed by atoms with E-state index in [9.17, 15) is 9.60 Å². The molecular weight excluding hydrogens is 661 g/mol. The second kappa shape index (κ2) is 11.2. The van der Waals surface area contributed by atoms with Crippen LogP contribution in [0.1, 0.15) is 19.2 Å². The van der Waals surface area contributed by atoms with Gasteiger partial charge in [0.1, 0.15) is 0 Å². The molecule has 238 valence electrons. The standard InChI is InChI=1S/C45H26N4S2/c1-2-11-27(12-3-1)43-46-44(48-45(47-43)35-17-10-16-32-30-13-5-8-19-38(30)50-41(32)35)28-21-23-29(24-22-28)49-36-18-7-4-15-34(36)40-37(49)26-25-33-31-14-6-9-20-39(31)51-42(33)40/h1-26H/i4D,6D,7D,9D,14D,15D,18D,20D,21D,22D,23D,24D,25D,26D. The first-order valence-corrected chi connectivity index (χ1v) is 17.4. The molecule has 51 heavy (non-hydrogen) atoms. The van der Waals surface area contributed by atoms with Crippen LogP contribution in [-0.4, -0.2) is 19.5 Å². The van der Waals surface area contributed by atoms with Gasteiger partial charge in [-0.3, -0.25) is 0 Å². The van der Waals surface area contributed by atoms with Gasteiger partial charge in [-0.15, -0.1) is 22.7 Å². The normalized spacial score (nSPS) is 15.8. The highest BCUT2D eigenvalue weighted by atomic mass is 32.1. The maximum absolute atomic E-state index is 9.58. The second-order valence-electron chi connectivity index (χ2n) is 11.7. The molecule has 0 saturated heterocycles. The third kappa shape index (κ3) is 4.40. The molecule has 0 amide bonds. The van der Waals surface area contributed by atoms with Gasteiger partial charge in [-0.05, 0) is 54.4 Å². The van der Waals surface area contributed by atoms with Crippen LogP contribution < -0.4 is 0 Å². The fourth-order valence-electron chi connectivity index (χ4n) is 6.57. The van der Waals surface area contributed by atoms with E-state index in [1.165, 1.54) is 0 Å². The van der Waals surface area contributed by atoms with E-state index in [0.29, 0.717) is 11.1 Å². The predicted octanol–water partition coefficient (Wildman–Crippen LogP) is 12.7. The van der Waals surface area contributed by atoms with Gasteiger partial charge in [0.05, 0.1) is 30.2 Å². The zero-order valence-electron chi connectivity index (χ0n) is 40.0. The first-order valence-electron chi connectivity index (χ1n) is 22.8. The predicted molar refractivity (Wildman–Crippen MR) is 216 cm³/mol. The number of hydrogen-bond donors (Lipinski definition) is 0. The Hall–Kier alpha value is -6.21. The van der Waals surface area contributed by atoms with Crippen molar-refractivity contribution in [2.75, 3.05) is 0 Å². The number of para-hydroxylation sites is 1. The molecule has 0 bridgehead atoms. The zero-order chi connectivity index (χ0) is 45.7. The smallest absolute Gasteiger partial charge is 0.165 e. The maximum atomic E-state index is 9.58. The molecule has 0 fully saturated rings. The summed E-state index contributed by atoms with van der Waals surface area (Å²) in [7, 11) is 0. The molecule has 4 heterocycles. The molecule has 0 atom stereocenters. The first kappa shape index (κ1) is 18.2. The Morgan fingerprint density at radius 2 is 1.16 bits per heavy atom. The summed E-state index contributed by atoms with van der Waals surface area (Å²) in [6, 6.07) is 14.8. The fraction of sp³-hybridized carbons (Fsp3) is 0. The van der Waals surface area contributed by atoms with Gasteiger partial charge in [-0.25, -0.2) is 15.0 Å². The topological polar surface area (TPSA) is 43.6 Å². The van der Waals surface area contributed by atoms with Gasteiger partial charge in [-0.1, -0.05) is 103 Å². The van der Waals surface area contributed by atoms with Crippen LogP contribution in [0, 0.1) is 0 Å². The monoisotopic (exact) mass is 700 g/mol. The summed E-state index contributed by atoms with van der Waals surface area (Å²) >= 11 is 2.43. The van der Waals surface area contributed by atoms with Crippen molar-refractivity contribution in [1.82, 2.24) is 19.5 Å². The lowest BCUT2D eigenvalue weighted by Crippen LogP contribution is -2.00. The molecule has 4 aromatic heterocycles. The van der Waals surface area contributed by atoms with Gasteiger partial charge >= 0.3 is 0 Å². The van der Waals surface area contributed by atoms with Crippen molar-refractivity contribution in [2.24, 2.45) is 0 Å². The van der Waals surface area contributed by atoms with Crippen LogP contribution in [-0.2, 0) is 0 Å². The molecule has 0 aliphatic carbocycles. The fourth-order valence-corrected chi connectivity index (χ4v) is 8.90. The molecule has 0 N–H and O–H groups in total. The van der Waals surface area contributed by atoms with Gasteiger partial charge < -0.3 is 4.57 Å². The van der Waals surface area contributed by atoms with Crippen molar-refractivity contribution < 1.29 is 19.2 Å². The van der Waals surface area contributed by atoms with E-state index in [0.717, 1.165) is 36.1 Å². The number of nitrogens with zero attached hydrogens (tertiary/aromatic N) is 4. The molecule has 7 aromatic carbocycles. The third-order valence-electron chi connectivity index (χ3n) is 8.84. The van der Waals surface area contributed by atoms with Crippen molar-refractivity contribution in [2.45, 2.75) is 0 Å². The highest BCUT2D eigenvalue weighted by molar-refractivity contribution is 7.27. The Morgan fingerprint density at radius 3 is 2.04 bits per heavy atom. The van der Waals surface area contributed by atoms with Gasteiger partial charge in [0.2, 0.25) is 0 Å². The lowest BCUT2D eigenvalue weighted by Gasteiger charge is -2.11. The average molecular weight is 701 g/mol. The number of thiophene rings is 2. The van der Waals surface area contributed by atoms with E-state index < -0.39 is 84.2 Å². The highest BCUT2D eigenvalue weighted by Crippen LogP contribution is 2.44. The summed E-state index contributed by atoms with van der Waals surface area (Å²) in [5.74, 6) is 0.265. The van der Waals surface area contributed by atoms with Crippen LogP contribution in [0.4, 0.5) is 0 Å². The Kier molecular flexibility index (Phi) is 3.97. The quantitative estimate of drug-likeness (QED) is 0.184. The van der Waals surface area contributed by atoms with Gasteiger partial charge in [0.25, 0.3) is 0 Å². The number of hydrogen-bond acceptors (Lipinski definition) is 5. The third-order valence-corrected chi connectivity index (χ3v) is 11.2. The van der Waals surface area contributed by atoms with Crippen molar-refractivity contribution in [1.29, 1.82) is 0 Å². The number of rotatable bonds is 4. The van der Waals surface area contributed by atoms with E-state index in [1.807, 2.05) is 60.7 Å². The summed E-state index contributed by atoms with van der Waals surface area (Å²) < 4.78 is 130. The van der Waals surface area contributed by atoms with Crippen LogP contribution in [0.3, 0.4) is 0 Å². The largest absolute Gasteiger partial charge is 0.309 e. The molecule has 0 unspecified atom stereocenters. The minimum Gasteiger partial charge on any atom is -0.309 e. The number of fused-ring (bicyclic) bond motifs is 10. The molecule has 0 aliphatic heterocycles. The molecule has 11 rings (SSSR count). The maximum Gasteiger partial charge on any atom is 0.165 e. The molecule has 0 radical (unpaired) electrons. The minimum absolute atomic E-state index is 0.00738. The Bertz CT molecular complexity index is 3930. The van der Waals surface area contributed by atoms with Crippen LogP contribution in [0.25, 0.3) is 102 Å². The Labute approximate surface area is 320 Å². The number of aromatic nitrogens is 4. The van der Waals surface area contributed by atoms with Crippen molar-refractivity contribution in [3.05, 3.63) is 157 Å². The summed E-state index contributed by atoms with van der Waals surface area (Å²) in [5, 5.41) is 1.81. The molecule has 6 heteroatoms. The molecule has 0 saturated carbocycles. The van der Waals surface area contributed by atoms with Crippen molar-refractivity contribution in [3.63, 3.8) is 0 Å². The second-order valence-corrected chi connectivity index (χ2v) is 13.8. The number of benzene rings is 7.